The number of aromatic nitrogens is 2. The van der Waals surface area contributed by atoms with Crippen molar-refractivity contribution in [3.8, 4) is 17.1 Å². The highest BCUT2D eigenvalue weighted by Gasteiger charge is 2.30. The van der Waals surface area contributed by atoms with Gasteiger partial charge < -0.3 is 19.4 Å². The van der Waals surface area contributed by atoms with Crippen LogP contribution in [-0.2, 0) is 22.6 Å². The molecule has 0 spiro atoms. The van der Waals surface area contributed by atoms with Crippen LogP contribution in [0.25, 0.3) is 11.4 Å². The largest absolute Gasteiger partial charge is 0.549 e. The van der Waals surface area contributed by atoms with Crippen LogP contribution in [0.4, 0.5) is 0 Å². The summed E-state index contributed by atoms with van der Waals surface area (Å²) in [6, 6.07) is 7.47. The number of carbonyl (C=O) groups excluding carboxylic acids is 1. The summed E-state index contributed by atoms with van der Waals surface area (Å²) in [6.07, 6.45) is 0.646. The number of hydrogen-bond acceptors (Lipinski definition) is 7. The molecular formula is C18H19N2O4S-. The first kappa shape index (κ1) is 17.7. The molecule has 0 aliphatic carbocycles. The SMILES string of the molecule is COc1ccc(-c2nc3c(c(SCC(=O)[O-])n2)COC(C)(C)C3)cc1. The first-order chi connectivity index (χ1) is 11.9. The number of thioether (sulfide) groups is 1. The van der Waals surface area contributed by atoms with Crippen LogP contribution < -0.4 is 9.84 Å². The molecule has 0 atom stereocenters. The standard InChI is InChI=1S/C18H20N2O4S/c1-18(2)8-14-13(9-24-18)17(25-10-15(21)22)20-16(19-14)11-4-6-12(23-3)7-5-11/h4-7H,8-10H2,1-3H3,(H,21,22)/p-1. The number of nitrogens with zero attached hydrogens (tertiary/aromatic N) is 2. The van der Waals surface area contributed by atoms with Gasteiger partial charge in [0.1, 0.15) is 10.8 Å². The van der Waals surface area contributed by atoms with Crippen LogP contribution in [0, 0.1) is 0 Å². The summed E-state index contributed by atoms with van der Waals surface area (Å²) in [7, 11) is 1.61. The number of carbonyl (C=O) groups is 1. The maximum Gasteiger partial charge on any atom is 0.160 e. The second kappa shape index (κ2) is 7.01. The molecule has 1 aliphatic heterocycles. The number of hydrogen-bond donors (Lipinski definition) is 0. The Bertz CT molecular complexity index is 790. The smallest absolute Gasteiger partial charge is 0.160 e. The van der Waals surface area contributed by atoms with Crippen molar-refractivity contribution < 1.29 is 19.4 Å². The van der Waals surface area contributed by atoms with Crippen molar-refractivity contribution in [3.63, 3.8) is 0 Å². The molecule has 2 aromatic rings. The number of aliphatic carboxylic acids is 1. The van der Waals surface area contributed by atoms with Gasteiger partial charge in [-0.15, -0.1) is 0 Å². The first-order valence-corrected chi connectivity index (χ1v) is 8.87. The summed E-state index contributed by atoms with van der Waals surface area (Å²) in [5.74, 6) is 0.0395. The van der Waals surface area contributed by atoms with Crippen molar-refractivity contribution in [1.29, 1.82) is 0 Å². The van der Waals surface area contributed by atoms with Gasteiger partial charge in [0, 0.05) is 23.3 Å². The molecule has 132 valence electrons. The molecule has 0 unspecified atom stereocenters. The lowest BCUT2D eigenvalue weighted by molar-refractivity contribution is -0.301. The van der Waals surface area contributed by atoms with Crippen LogP contribution in [0.1, 0.15) is 25.1 Å². The number of carboxylic acid groups (broad SMARTS) is 1. The molecule has 2 heterocycles. The summed E-state index contributed by atoms with van der Waals surface area (Å²) < 4.78 is 11.0. The Balaban J connectivity index is 2.03. The lowest BCUT2D eigenvalue weighted by Crippen LogP contribution is -2.33. The summed E-state index contributed by atoms with van der Waals surface area (Å²) in [5.41, 5.74) is 2.30. The fourth-order valence-corrected chi connectivity index (χ4v) is 3.39. The van der Waals surface area contributed by atoms with Gasteiger partial charge in [-0.05, 0) is 38.1 Å². The van der Waals surface area contributed by atoms with Crippen LogP contribution >= 0.6 is 11.8 Å². The fraction of sp³-hybridized carbons (Fsp3) is 0.389. The Morgan fingerprint density at radius 2 is 2.04 bits per heavy atom. The molecule has 1 aromatic carbocycles. The van der Waals surface area contributed by atoms with Crippen molar-refractivity contribution in [2.75, 3.05) is 12.9 Å². The maximum absolute atomic E-state index is 10.8. The van der Waals surface area contributed by atoms with E-state index in [2.05, 4.69) is 4.98 Å². The van der Waals surface area contributed by atoms with E-state index in [9.17, 15) is 9.90 Å². The van der Waals surface area contributed by atoms with E-state index in [1.54, 1.807) is 7.11 Å². The van der Waals surface area contributed by atoms with Crippen molar-refractivity contribution in [2.24, 2.45) is 0 Å². The molecule has 1 aromatic heterocycles. The highest BCUT2D eigenvalue weighted by molar-refractivity contribution is 7.99. The van der Waals surface area contributed by atoms with E-state index in [0.717, 1.165) is 34.3 Å². The highest BCUT2D eigenvalue weighted by Crippen LogP contribution is 2.34. The van der Waals surface area contributed by atoms with Gasteiger partial charge in [0.2, 0.25) is 0 Å². The number of rotatable bonds is 5. The monoisotopic (exact) mass is 359 g/mol. The Kier molecular flexibility index (Phi) is 4.96. The molecule has 7 heteroatoms. The molecule has 3 rings (SSSR count). The van der Waals surface area contributed by atoms with Crippen molar-refractivity contribution in [1.82, 2.24) is 9.97 Å². The molecule has 6 nitrogen and oxygen atoms in total. The van der Waals surface area contributed by atoms with Crippen molar-refractivity contribution in [2.45, 2.75) is 37.5 Å². The molecule has 0 saturated heterocycles. The zero-order chi connectivity index (χ0) is 18.0. The van der Waals surface area contributed by atoms with E-state index in [-0.39, 0.29) is 11.4 Å². The zero-order valence-corrected chi connectivity index (χ0v) is 15.2. The molecule has 0 N–H and O–H groups in total. The zero-order valence-electron chi connectivity index (χ0n) is 14.4. The lowest BCUT2D eigenvalue weighted by Gasteiger charge is -2.32. The average molecular weight is 359 g/mol. The minimum Gasteiger partial charge on any atom is -0.549 e. The van der Waals surface area contributed by atoms with Crippen molar-refractivity contribution in [3.05, 3.63) is 35.5 Å². The second-order valence-corrected chi connectivity index (χ2v) is 7.36. The van der Waals surface area contributed by atoms with Gasteiger partial charge in [0.25, 0.3) is 0 Å². The van der Waals surface area contributed by atoms with Crippen LogP contribution in [-0.4, -0.2) is 34.4 Å². The number of carboxylic acids is 1. The van der Waals surface area contributed by atoms with Crippen LogP contribution in [0.3, 0.4) is 0 Å². The van der Waals surface area contributed by atoms with Gasteiger partial charge in [-0.2, -0.15) is 0 Å². The van der Waals surface area contributed by atoms with E-state index in [0.29, 0.717) is 23.9 Å². The third-order valence-electron chi connectivity index (χ3n) is 3.93. The third kappa shape index (κ3) is 4.11. The topological polar surface area (TPSA) is 84.4 Å². The van der Waals surface area contributed by atoms with Gasteiger partial charge in [-0.1, -0.05) is 11.8 Å². The molecule has 0 radical (unpaired) electrons. The van der Waals surface area contributed by atoms with Gasteiger partial charge in [-0.3, -0.25) is 0 Å². The van der Waals surface area contributed by atoms with E-state index in [1.165, 1.54) is 0 Å². The Labute approximate surface area is 150 Å². The first-order valence-electron chi connectivity index (χ1n) is 7.89. The normalized spacial score (nSPS) is 15.5. The highest BCUT2D eigenvalue weighted by atomic mass is 32.2. The number of ether oxygens (including phenoxy) is 2. The maximum atomic E-state index is 10.8. The van der Waals surface area contributed by atoms with Gasteiger partial charge >= 0.3 is 0 Å². The summed E-state index contributed by atoms with van der Waals surface area (Å²) in [4.78, 5) is 20.1. The van der Waals surface area contributed by atoms with Gasteiger partial charge in [0.05, 0.1) is 31.0 Å². The van der Waals surface area contributed by atoms with Crippen LogP contribution in [0.15, 0.2) is 29.3 Å². The molecule has 0 bridgehead atoms. The van der Waals surface area contributed by atoms with E-state index in [1.807, 2.05) is 38.1 Å². The summed E-state index contributed by atoms with van der Waals surface area (Å²) in [6.45, 7) is 4.40. The fourth-order valence-electron chi connectivity index (χ4n) is 2.64. The summed E-state index contributed by atoms with van der Waals surface area (Å²) in [5, 5.41) is 11.5. The molecule has 1 aliphatic rings. The average Bonchev–Trinajstić information content (AvgIpc) is 2.58. The van der Waals surface area contributed by atoms with Crippen LogP contribution in [0.5, 0.6) is 5.75 Å². The summed E-state index contributed by atoms with van der Waals surface area (Å²) >= 11 is 1.14. The minimum absolute atomic E-state index is 0.158. The van der Waals surface area contributed by atoms with Crippen molar-refractivity contribution >= 4 is 17.7 Å². The molecule has 0 fully saturated rings. The minimum atomic E-state index is -1.12. The van der Waals surface area contributed by atoms with E-state index in [4.69, 9.17) is 14.5 Å². The van der Waals surface area contributed by atoms with E-state index < -0.39 is 5.97 Å². The van der Waals surface area contributed by atoms with Gasteiger partial charge in [0.15, 0.2) is 5.82 Å². The quantitative estimate of drug-likeness (QED) is 0.595. The third-order valence-corrected chi connectivity index (χ3v) is 4.92. The Morgan fingerprint density at radius 3 is 2.68 bits per heavy atom. The van der Waals surface area contributed by atoms with E-state index >= 15 is 0 Å². The Morgan fingerprint density at radius 1 is 1.32 bits per heavy atom. The number of fused-ring (bicyclic) bond motifs is 1. The molecular weight excluding hydrogens is 340 g/mol. The molecule has 0 amide bonds. The number of benzene rings is 1. The number of methoxy groups -OCH3 is 1. The second-order valence-electron chi connectivity index (χ2n) is 6.39. The predicted molar refractivity (Wildman–Crippen MR) is 92.3 cm³/mol. The molecule has 25 heavy (non-hydrogen) atoms. The predicted octanol–water partition coefficient (Wildman–Crippen LogP) is 1.85. The Hall–Kier alpha value is -2.12. The molecule has 0 saturated carbocycles. The lowest BCUT2D eigenvalue weighted by atomic mass is 9.96. The van der Waals surface area contributed by atoms with Gasteiger partial charge in [-0.25, -0.2) is 9.97 Å². The van der Waals surface area contributed by atoms with Crippen LogP contribution in [0.2, 0.25) is 0 Å².